The van der Waals surface area contributed by atoms with E-state index in [2.05, 4.69) is 15.6 Å². The van der Waals surface area contributed by atoms with E-state index in [-0.39, 0.29) is 0 Å². The van der Waals surface area contributed by atoms with Crippen molar-refractivity contribution < 1.29 is 4.79 Å². The Morgan fingerprint density at radius 1 is 1.57 bits per heavy atom. The van der Waals surface area contributed by atoms with Gasteiger partial charge in [-0.05, 0) is 18.6 Å². The fourth-order valence-electron chi connectivity index (χ4n) is 1.04. The third-order valence-electron chi connectivity index (χ3n) is 1.73. The third kappa shape index (κ3) is 3.30. The fourth-order valence-corrected chi connectivity index (χ4v) is 1.04. The van der Waals surface area contributed by atoms with Crippen LogP contribution in [0.15, 0.2) is 18.3 Å². The molecular weight excluding hydrogens is 180 g/mol. The van der Waals surface area contributed by atoms with E-state index in [1.807, 2.05) is 19.1 Å². The molecule has 76 valence electrons. The summed E-state index contributed by atoms with van der Waals surface area (Å²) in [6.07, 6.45) is 1.72. The van der Waals surface area contributed by atoms with E-state index < -0.39 is 6.03 Å². The van der Waals surface area contributed by atoms with Gasteiger partial charge in [-0.15, -0.1) is 0 Å². The topological polar surface area (TPSA) is 80.0 Å². The summed E-state index contributed by atoms with van der Waals surface area (Å²) in [5, 5.41) is 5.57. The Kier molecular flexibility index (Phi) is 3.72. The molecule has 1 aromatic heterocycles. The molecular formula is C9H14N4O. The molecule has 0 bridgehead atoms. The maximum absolute atomic E-state index is 10.3. The van der Waals surface area contributed by atoms with Crippen LogP contribution < -0.4 is 16.4 Å². The number of pyridine rings is 1. The van der Waals surface area contributed by atoms with Crippen LogP contribution in [-0.4, -0.2) is 24.1 Å². The maximum atomic E-state index is 10.3. The summed E-state index contributed by atoms with van der Waals surface area (Å²) in [6, 6.07) is 3.34. The molecule has 5 nitrogen and oxygen atoms in total. The van der Waals surface area contributed by atoms with E-state index in [0.29, 0.717) is 13.1 Å². The van der Waals surface area contributed by atoms with Crippen molar-refractivity contribution in [1.82, 2.24) is 10.3 Å². The van der Waals surface area contributed by atoms with Crippen LogP contribution in [0.5, 0.6) is 0 Å². The van der Waals surface area contributed by atoms with Crippen molar-refractivity contribution in [3.63, 3.8) is 0 Å². The summed E-state index contributed by atoms with van der Waals surface area (Å²) >= 11 is 0. The van der Waals surface area contributed by atoms with Crippen LogP contribution in [0, 0.1) is 6.92 Å². The Morgan fingerprint density at radius 3 is 3.00 bits per heavy atom. The van der Waals surface area contributed by atoms with Gasteiger partial charge in [-0.3, -0.25) is 0 Å². The van der Waals surface area contributed by atoms with E-state index in [1.54, 1.807) is 6.20 Å². The molecule has 0 aliphatic rings. The Bertz CT molecular complexity index is 313. The monoisotopic (exact) mass is 194 g/mol. The van der Waals surface area contributed by atoms with Crippen LogP contribution >= 0.6 is 0 Å². The number of aryl methyl sites for hydroxylation is 1. The second-order valence-corrected chi connectivity index (χ2v) is 2.89. The highest BCUT2D eigenvalue weighted by atomic mass is 16.2. The molecule has 0 unspecified atom stereocenters. The number of nitrogens with zero attached hydrogens (tertiary/aromatic N) is 1. The van der Waals surface area contributed by atoms with Gasteiger partial charge in [0.1, 0.15) is 5.82 Å². The average Bonchev–Trinajstić information content (AvgIpc) is 2.15. The molecule has 0 spiro atoms. The number of primary amides is 1. The van der Waals surface area contributed by atoms with Crippen molar-refractivity contribution in [3.05, 3.63) is 23.9 Å². The van der Waals surface area contributed by atoms with Crippen LogP contribution in [0.4, 0.5) is 10.6 Å². The minimum atomic E-state index is -0.510. The number of aromatic nitrogens is 1. The van der Waals surface area contributed by atoms with Crippen LogP contribution in [0.2, 0.25) is 0 Å². The quantitative estimate of drug-likeness (QED) is 0.609. The molecule has 0 radical (unpaired) electrons. The number of urea groups is 1. The van der Waals surface area contributed by atoms with Crippen LogP contribution in [-0.2, 0) is 0 Å². The van der Waals surface area contributed by atoms with Crippen molar-refractivity contribution in [2.24, 2.45) is 5.73 Å². The molecule has 0 aliphatic heterocycles. The van der Waals surface area contributed by atoms with Crippen molar-refractivity contribution in [2.75, 3.05) is 18.4 Å². The van der Waals surface area contributed by atoms with Gasteiger partial charge in [0.2, 0.25) is 0 Å². The number of nitrogens with one attached hydrogen (secondary N) is 2. The SMILES string of the molecule is Cc1cccnc1NCCNC(N)=O. The number of carbonyl (C=O) groups excluding carboxylic acids is 1. The molecule has 0 saturated heterocycles. The summed E-state index contributed by atoms with van der Waals surface area (Å²) in [6.45, 7) is 3.07. The predicted octanol–water partition coefficient (Wildman–Crippen LogP) is 0.470. The lowest BCUT2D eigenvalue weighted by Crippen LogP contribution is -2.33. The van der Waals surface area contributed by atoms with Gasteiger partial charge < -0.3 is 16.4 Å². The largest absolute Gasteiger partial charge is 0.368 e. The van der Waals surface area contributed by atoms with Crippen LogP contribution in [0.3, 0.4) is 0 Å². The van der Waals surface area contributed by atoms with Crippen molar-refractivity contribution in [3.8, 4) is 0 Å². The van der Waals surface area contributed by atoms with Gasteiger partial charge in [0.25, 0.3) is 0 Å². The number of amides is 2. The fraction of sp³-hybridized carbons (Fsp3) is 0.333. The molecule has 1 rings (SSSR count). The highest BCUT2D eigenvalue weighted by Crippen LogP contribution is 2.07. The van der Waals surface area contributed by atoms with Crippen molar-refractivity contribution in [2.45, 2.75) is 6.92 Å². The number of anilines is 1. The molecule has 4 N–H and O–H groups in total. The molecule has 0 aliphatic carbocycles. The molecule has 0 atom stereocenters. The molecule has 2 amide bonds. The van der Waals surface area contributed by atoms with E-state index >= 15 is 0 Å². The Labute approximate surface area is 82.7 Å². The number of rotatable bonds is 4. The first-order valence-corrected chi connectivity index (χ1v) is 4.39. The zero-order valence-electron chi connectivity index (χ0n) is 8.08. The van der Waals surface area contributed by atoms with Gasteiger partial charge in [-0.2, -0.15) is 0 Å². The minimum absolute atomic E-state index is 0.491. The average molecular weight is 194 g/mol. The lowest BCUT2D eigenvalue weighted by molar-refractivity contribution is 0.249. The van der Waals surface area contributed by atoms with E-state index in [4.69, 9.17) is 5.73 Å². The summed E-state index contributed by atoms with van der Waals surface area (Å²) < 4.78 is 0. The molecule has 0 fully saturated rings. The standard InChI is InChI=1S/C9H14N4O/c1-7-3-2-4-11-8(7)12-5-6-13-9(10)14/h2-4H,5-6H2,1H3,(H,11,12)(H3,10,13,14). The zero-order valence-corrected chi connectivity index (χ0v) is 8.08. The van der Waals surface area contributed by atoms with Gasteiger partial charge >= 0.3 is 6.03 Å². The Balaban J connectivity index is 2.31. The van der Waals surface area contributed by atoms with Gasteiger partial charge in [-0.1, -0.05) is 6.07 Å². The number of nitrogens with two attached hydrogens (primary N) is 1. The predicted molar refractivity (Wildman–Crippen MR) is 55.0 cm³/mol. The molecule has 14 heavy (non-hydrogen) atoms. The maximum Gasteiger partial charge on any atom is 0.312 e. The van der Waals surface area contributed by atoms with Gasteiger partial charge in [0, 0.05) is 19.3 Å². The summed E-state index contributed by atoms with van der Waals surface area (Å²) in [5.41, 5.74) is 5.98. The lowest BCUT2D eigenvalue weighted by Gasteiger charge is -2.07. The normalized spacial score (nSPS) is 9.50. The summed E-state index contributed by atoms with van der Waals surface area (Å²) in [7, 11) is 0. The van der Waals surface area contributed by atoms with E-state index in [0.717, 1.165) is 11.4 Å². The summed E-state index contributed by atoms with van der Waals surface area (Å²) in [4.78, 5) is 14.5. The smallest absolute Gasteiger partial charge is 0.312 e. The summed E-state index contributed by atoms with van der Waals surface area (Å²) in [5.74, 6) is 0.832. The highest BCUT2D eigenvalue weighted by molar-refractivity contribution is 5.71. The minimum Gasteiger partial charge on any atom is -0.368 e. The van der Waals surface area contributed by atoms with Gasteiger partial charge in [0.05, 0.1) is 0 Å². The number of carbonyl (C=O) groups is 1. The first-order chi connectivity index (χ1) is 6.70. The number of hydrogen-bond acceptors (Lipinski definition) is 3. The third-order valence-corrected chi connectivity index (χ3v) is 1.73. The Hall–Kier alpha value is -1.78. The van der Waals surface area contributed by atoms with E-state index in [9.17, 15) is 4.79 Å². The molecule has 1 heterocycles. The molecule has 5 heteroatoms. The highest BCUT2D eigenvalue weighted by Gasteiger charge is 1.96. The second-order valence-electron chi connectivity index (χ2n) is 2.89. The van der Waals surface area contributed by atoms with E-state index in [1.165, 1.54) is 0 Å². The van der Waals surface area contributed by atoms with Crippen molar-refractivity contribution >= 4 is 11.8 Å². The molecule has 0 aromatic carbocycles. The molecule has 0 saturated carbocycles. The zero-order chi connectivity index (χ0) is 10.4. The van der Waals surface area contributed by atoms with Gasteiger partial charge in [0.15, 0.2) is 0 Å². The second kappa shape index (κ2) is 5.06. The van der Waals surface area contributed by atoms with Crippen LogP contribution in [0.25, 0.3) is 0 Å². The first kappa shape index (κ1) is 10.3. The first-order valence-electron chi connectivity index (χ1n) is 4.39. The molecule has 1 aromatic rings. The van der Waals surface area contributed by atoms with Crippen LogP contribution in [0.1, 0.15) is 5.56 Å². The Morgan fingerprint density at radius 2 is 2.36 bits per heavy atom. The van der Waals surface area contributed by atoms with Gasteiger partial charge in [-0.25, -0.2) is 9.78 Å². The number of hydrogen-bond donors (Lipinski definition) is 3. The lowest BCUT2D eigenvalue weighted by atomic mass is 10.3. The van der Waals surface area contributed by atoms with Crippen molar-refractivity contribution in [1.29, 1.82) is 0 Å².